The van der Waals surface area contributed by atoms with Crippen LogP contribution in [0.1, 0.15) is 16.0 Å². The molecule has 3 rings (SSSR count). The summed E-state index contributed by atoms with van der Waals surface area (Å²) in [5.74, 6) is 0.103. The monoisotopic (exact) mass is 299 g/mol. The maximum absolute atomic E-state index is 12.3. The molecule has 0 unspecified atom stereocenters. The Bertz CT molecular complexity index is 758. The van der Waals surface area contributed by atoms with E-state index >= 15 is 0 Å². The molecule has 4 heteroatoms. The van der Waals surface area contributed by atoms with Gasteiger partial charge in [0.25, 0.3) is 0 Å². The lowest BCUT2D eigenvalue weighted by molar-refractivity contribution is -0.129. The predicted octanol–water partition coefficient (Wildman–Crippen LogP) is 4.00. The second kappa shape index (κ2) is 5.74. The van der Waals surface area contributed by atoms with Crippen LogP contribution in [0.25, 0.3) is 11.0 Å². The van der Waals surface area contributed by atoms with Crippen LogP contribution in [-0.4, -0.2) is 17.9 Å². The molecule has 0 radical (unpaired) electrons. The van der Waals surface area contributed by atoms with Crippen molar-refractivity contribution in [3.63, 3.8) is 0 Å². The van der Waals surface area contributed by atoms with Crippen LogP contribution in [0, 0.1) is 6.92 Å². The van der Waals surface area contributed by atoms with E-state index in [0.717, 1.165) is 22.1 Å². The smallest absolute Gasteiger partial charge is 0.227 e. The average Bonchev–Trinajstić information content (AvgIpc) is 3.08. The number of carbonyl (C=O) groups excluding carboxylic acids is 1. The van der Waals surface area contributed by atoms with Crippen molar-refractivity contribution in [3.8, 4) is 0 Å². The number of hydrogen-bond donors (Lipinski definition) is 0. The van der Waals surface area contributed by atoms with Crippen LogP contribution in [0.4, 0.5) is 0 Å². The molecule has 0 atom stereocenters. The SMILES string of the molecule is Cc1ccc2c(CC(=O)N(C)Cc3cccs3)coc2c1. The van der Waals surface area contributed by atoms with Crippen LogP contribution < -0.4 is 0 Å². The zero-order valence-corrected chi connectivity index (χ0v) is 12.9. The first-order valence-electron chi connectivity index (χ1n) is 6.86. The Morgan fingerprint density at radius 2 is 2.19 bits per heavy atom. The van der Waals surface area contributed by atoms with Gasteiger partial charge in [-0.25, -0.2) is 0 Å². The molecule has 21 heavy (non-hydrogen) atoms. The van der Waals surface area contributed by atoms with Crippen molar-refractivity contribution in [2.24, 2.45) is 0 Å². The summed E-state index contributed by atoms with van der Waals surface area (Å²) in [5, 5.41) is 3.05. The normalized spacial score (nSPS) is 11.0. The van der Waals surface area contributed by atoms with E-state index in [1.165, 1.54) is 4.88 Å². The van der Waals surface area contributed by atoms with E-state index < -0.39 is 0 Å². The second-order valence-corrected chi connectivity index (χ2v) is 6.30. The van der Waals surface area contributed by atoms with E-state index in [4.69, 9.17) is 4.42 Å². The third-order valence-electron chi connectivity index (χ3n) is 3.55. The molecule has 2 heterocycles. The molecule has 108 valence electrons. The van der Waals surface area contributed by atoms with Crippen molar-refractivity contribution >= 4 is 28.2 Å². The van der Waals surface area contributed by atoms with Gasteiger partial charge in [0.1, 0.15) is 5.58 Å². The van der Waals surface area contributed by atoms with Gasteiger partial charge in [0.05, 0.1) is 19.2 Å². The lowest BCUT2D eigenvalue weighted by atomic mass is 10.1. The van der Waals surface area contributed by atoms with Gasteiger partial charge in [0.15, 0.2) is 0 Å². The largest absolute Gasteiger partial charge is 0.464 e. The van der Waals surface area contributed by atoms with Crippen LogP contribution in [0.15, 0.2) is 46.4 Å². The first kappa shape index (κ1) is 13.9. The molecule has 0 aliphatic rings. The van der Waals surface area contributed by atoms with E-state index in [1.807, 2.05) is 49.7 Å². The number of fused-ring (bicyclic) bond motifs is 1. The average molecular weight is 299 g/mol. The number of aryl methyl sites for hydroxylation is 1. The number of amides is 1. The van der Waals surface area contributed by atoms with Crippen molar-refractivity contribution < 1.29 is 9.21 Å². The Morgan fingerprint density at radius 3 is 2.95 bits per heavy atom. The summed E-state index contributed by atoms with van der Waals surface area (Å²) in [6.07, 6.45) is 2.07. The summed E-state index contributed by atoms with van der Waals surface area (Å²) < 4.78 is 5.55. The van der Waals surface area contributed by atoms with Crippen LogP contribution in [0.2, 0.25) is 0 Å². The molecule has 1 aromatic carbocycles. The summed E-state index contributed by atoms with van der Waals surface area (Å²) in [6.45, 7) is 2.69. The van der Waals surface area contributed by atoms with Gasteiger partial charge in [-0.05, 0) is 30.0 Å². The Hall–Kier alpha value is -2.07. The Balaban J connectivity index is 1.74. The zero-order chi connectivity index (χ0) is 14.8. The number of likely N-dealkylation sites (N-methyl/N-ethyl adjacent to an activating group) is 1. The minimum absolute atomic E-state index is 0.103. The van der Waals surface area contributed by atoms with Gasteiger partial charge in [-0.15, -0.1) is 11.3 Å². The lowest BCUT2D eigenvalue weighted by Gasteiger charge is -2.15. The molecule has 1 amide bonds. The van der Waals surface area contributed by atoms with E-state index in [-0.39, 0.29) is 5.91 Å². The summed E-state index contributed by atoms with van der Waals surface area (Å²) in [5.41, 5.74) is 2.95. The molecule has 0 spiro atoms. The number of rotatable bonds is 4. The summed E-state index contributed by atoms with van der Waals surface area (Å²) in [6, 6.07) is 10.1. The molecule has 0 N–H and O–H groups in total. The highest BCUT2D eigenvalue weighted by atomic mass is 32.1. The number of thiophene rings is 1. The van der Waals surface area contributed by atoms with Gasteiger partial charge in [-0.1, -0.05) is 18.2 Å². The number of benzene rings is 1. The fourth-order valence-electron chi connectivity index (χ4n) is 2.35. The standard InChI is InChI=1S/C17H17NO2S/c1-12-5-6-15-13(11-20-16(15)8-12)9-17(19)18(2)10-14-4-3-7-21-14/h3-8,11H,9-10H2,1-2H3. The quantitative estimate of drug-likeness (QED) is 0.729. The predicted molar refractivity (Wildman–Crippen MR) is 85.4 cm³/mol. The number of carbonyl (C=O) groups is 1. The first-order chi connectivity index (χ1) is 10.1. The molecule has 0 bridgehead atoms. The first-order valence-corrected chi connectivity index (χ1v) is 7.74. The topological polar surface area (TPSA) is 33.5 Å². The van der Waals surface area contributed by atoms with Crippen LogP contribution >= 0.6 is 11.3 Å². The molecule has 3 aromatic rings. The minimum Gasteiger partial charge on any atom is -0.464 e. The number of nitrogens with zero attached hydrogens (tertiary/aromatic N) is 1. The van der Waals surface area contributed by atoms with Crippen LogP contribution in [0.3, 0.4) is 0 Å². The second-order valence-electron chi connectivity index (χ2n) is 5.27. The van der Waals surface area contributed by atoms with Crippen LogP contribution in [-0.2, 0) is 17.8 Å². The van der Waals surface area contributed by atoms with Crippen molar-refractivity contribution in [3.05, 3.63) is 58.0 Å². The summed E-state index contributed by atoms with van der Waals surface area (Å²) in [4.78, 5) is 15.3. The Labute approximate surface area is 127 Å². The van der Waals surface area contributed by atoms with Crippen molar-refractivity contribution in [2.45, 2.75) is 19.9 Å². The maximum atomic E-state index is 12.3. The molecule has 2 aromatic heterocycles. The van der Waals surface area contributed by atoms with Crippen molar-refractivity contribution in [1.82, 2.24) is 4.90 Å². The van der Waals surface area contributed by atoms with E-state index in [1.54, 1.807) is 22.5 Å². The molecular weight excluding hydrogens is 282 g/mol. The summed E-state index contributed by atoms with van der Waals surface area (Å²) in [7, 11) is 1.84. The lowest BCUT2D eigenvalue weighted by Crippen LogP contribution is -2.27. The molecule has 0 saturated carbocycles. The number of hydrogen-bond acceptors (Lipinski definition) is 3. The zero-order valence-electron chi connectivity index (χ0n) is 12.1. The maximum Gasteiger partial charge on any atom is 0.227 e. The Morgan fingerprint density at radius 1 is 1.33 bits per heavy atom. The number of furan rings is 1. The van der Waals surface area contributed by atoms with Gasteiger partial charge in [0.2, 0.25) is 5.91 Å². The third-order valence-corrected chi connectivity index (χ3v) is 4.41. The molecule has 3 nitrogen and oxygen atoms in total. The molecular formula is C17H17NO2S. The third kappa shape index (κ3) is 3.00. The van der Waals surface area contributed by atoms with Gasteiger partial charge < -0.3 is 9.32 Å². The van der Waals surface area contributed by atoms with Crippen molar-refractivity contribution in [2.75, 3.05) is 7.05 Å². The summed E-state index contributed by atoms with van der Waals surface area (Å²) >= 11 is 1.67. The molecule has 0 aliphatic carbocycles. The minimum atomic E-state index is 0.103. The van der Waals surface area contributed by atoms with E-state index in [2.05, 4.69) is 0 Å². The highest BCUT2D eigenvalue weighted by Gasteiger charge is 2.14. The van der Waals surface area contributed by atoms with Gasteiger partial charge in [-0.2, -0.15) is 0 Å². The van der Waals surface area contributed by atoms with E-state index in [0.29, 0.717) is 13.0 Å². The fourth-order valence-corrected chi connectivity index (χ4v) is 3.11. The van der Waals surface area contributed by atoms with E-state index in [9.17, 15) is 4.79 Å². The molecule has 0 saturated heterocycles. The molecule has 0 aliphatic heterocycles. The Kier molecular flexibility index (Phi) is 3.80. The van der Waals surface area contributed by atoms with Gasteiger partial charge in [0, 0.05) is 22.9 Å². The van der Waals surface area contributed by atoms with Gasteiger partial charge in [-0.3, -0.25) is 4.79 Å². The van der Waals surface area contributed by atoms with Crippen molar-refractivity contribution in [1.29, 1.82) is 0 Å². The van der Waals surface area contributed by atoms with Crippen LogP contribution in [0.5, 0.6) is 0 Å². The molecule has 0 fully saturated rings. The highest BCUT2D eigenvalue weighted by molar-refractivity contribution is 7.09. The highest BCUT2D eigenvalue weighted by Crippen LogP contribution is 2.23. The fraction of sp³-hybridized carbons (Fsp3) is 0.235. The van der Waals surface area contributed by atoms with Gasteiger partial charge >= 0.3 is 0 Å².